The third-order valence-electron chi connectivity index (χ3n) is 2.51. The van der Waals surface area contributed by atoms with Crippen molar-refractivity contribution >= 4 is 39.7 Å². The Hall–Kier alpha value is 0.662. The van der Waals surface area contributed by atoms with Crippen LogP contribution < -0.4 is 0 Å². The quantitative estimate of drug-likeness (QED) is 0.299. The molecule has 0 saturated carbocycles. The fraction of sp³-hybridized carbons (Fsp3) is 0.600. The van der Waals surface area contributed by atoms with Gasteiger partial charge in [-0.3, -0.25) is 0 Å². The first kappa shape index (κ1) is 17.0. The Kier molecular flexibility index (Phi) is 5.81. The SMILES string of the molecule is CC(C)=CCC/C(C)=C/COP1(=O)[O][Pb]2[O]P(=O)([O]2)O1. The summed E-state index contributed by atoms with van der Waals surface area (Å²) in [5.74, 6) is 0. The molecule has 0 aliphatic carbocycles. The zero-order valence-electron chi connectivity index (χ0n) is 11.5. The summed E-state index contributed by atoms with van der Waals surface area (Å²) in [5, 5.41) is 0. The Bertz CT molecular complexity index is 516. The van der Waals surface area contributed by atoms with E-state index in [1.807, 2.05) is 6.92 Å². The first-order chi connectivity index (χ1) is 9.30. The molecule has 2 bridgehead atoms. The molecule has 7 nitrogen and oxygen atoms in total. The normalized spacial score (nSPS) is 33.6. The molecule has 3 rings (SSSR count). The molecule has 3 heterocycles. The van der Waals surface area contributed by atoms with Gasteiger partial charge in [-0.15, -0.1) is 0 Å². The Labute approximate surface area is 128 Å². The Morgan fingerprint density at radius 1 is 1.15 bits per heavy atom. The molecule has 3 saturated heterocycles. The van der Waals surface area contributed by atoms with Gasteiger partial charge in [-0.25, -0.2) is 0 Å². The van der Waals surface area contributed by atoms with Crippen LogP contribution in [-0.2, 0) is 25.4 Å². The molecule has 3 fully saturated rings. The van der Waals surface area contributed by atoms with E-state index in [1.54, 1.807) is 6.08 Å². The van der Waals surface area contributed by atoms with E-state index in [2.05, 4.69) is 24.2 Å². The molecule has 0 aromatic carbocycles. The third-order valence-corrected chi connectivity index (χ3v) is 18.7. The van der Waals surface area contributed by atoms with Crippen LogP contribution in [0.5, 0.6) is 0 Å². The number of fused-ring (bicyclic) bond motifs is 2. The van der Waals surface area contributed by atoms with Crippen LogP contribution in [0.15, 0.2) is 23.3 Å². The molecule has 10 heteroatoms. The predicted molar refractivity (Wildman–Crippen MR) is 73.7 cm³/mol. The molecule has 0 N–H and O–H groups in total. The minimum atomic E-state index is -3.76. The van der Waals surface area contributed by atoms with Crippen molar-refractivity contribution in [2.75, 3.05) is 6.61 Å². The summed E-state index contributed by atoms with van der Waals surface area (Å²) >= 11 is -3.25. The van der Waals surface area contributed by atoms with Crippen LogP contribution in [0.3, 0.4) is 0 Å². The van der Waals surface area contributed by atoms with E-state index in [-0.39, 0.29) is 6.61 Å². The van der Waals surface area contributed by atoms with Crippen LogP contribution in [-0.4, -0.2) is 30.7 Å². The van der Waals surface area contributed by atoms with Gasteiger partial charge in [-0.1, -0.05) is 0 Å². The van der Waals surface area contributed by atoms with E-state index in [0.29, 0.717) is 0 Å². The summed E-state index contributed by atoms with van der Waals surface area (Å²) in [6.45, 7) is 6.15. The zero-order chi connectivity index (χ0) is 14.8. The van der Waals surface area contributed by atoms with Gasteiger partial charge in [0.15, 0.2) is 0 Å². The predicted octanol–water partition coefficient (Wildman–Crippen LogP) is 3.99. The maximum absolute atomic E-state index is 12.0. The topological polar surface area (TPSA) is 80.3 Å². The number of hydrogen-bond donors (Lipinski definition) is 0. The molecular formula is C10H17O7P2Pb. The van der Waals surface area contributed by atoms with Crippen LogP contribution in [0.2, 0.25) is 0 Å². The standard InChI is InChI=1S/C10H20O7P2.Pb/c1-9(2)5-4-6-10(3)7-8-16-19(14,15)17-18(11,12)13;/h5,7H,4,6,8H2,1-3H3,(H,14,15)(H2,11,12,13);/q;+3/p-3/b10-7+;. The van der Waals surface area contributed by atoms with Crippen LogP contribution in [0.4, 0.5) is 0 Å². The average Bonchev–Trinajstić information content (AvgIpc) is 2.25. The summed E-state index contributed by atoms with van der Waals surface area (Å²) in [7, 11) is -7.36. The second-order valence-electron chi connectivity index (χ2n) is 4.67. The molecule has 113 valence electrons. The fourth-order valence-corrected chi connectivity index (χ4v) is 17.2. The van der Waals surface area contributed by atoms with Crippen LogP contribution in [0, 0.1) is 0 Å². The van der Waals surface area contributed by atoms with Crippen molar-refractivity contribution in [3.05, 3.63) is 23.3 Å². The molecule has 1 atom stereocenters. The van der Waals surface area contributed by atoms with Crippen molar-refractivity contribution in [2.45, 2.75) is 33.6 Å². The van der Waals surface area contributed by atoms with Gasteiger partial charge in [0.05, 0.1) is 0 Å². The molecule has 0 amide bonds. The summed E-state index contributed by atoms with van der Waals surface area (Å²) in [6, 6.07) is 0. The Morgan fingerprint density at radius 2 is 1.85 bits per heavy atom. The van der Waals surface area contributed by atoms with Crippen LogP contribution >= 0.6 is 15.6 Å². The molecule has 20 heavy (non-hydrogen) atoms. The van der Waals surface area contributed by atoms with Gasteiger partial charge in [-0.05, 0) is 0 Å². The van der Waals surface area contributed by atoms with E-state index in [0.717, 1.165) is 18.4 Å². The van der Waals surface area contributed by atoms with Crippen LogP contribution in [0.1, 0.15) is 33.6 Å². The van der Waals surface area contributed by atoms with Crippen molar-refractivity contribution < 1.29 is 25.4 Å². The third kappa shape index (κ3) is 4.85. The second kappa shape index (κ2) is 6.83. The summed E-state index contributed by atoms with van der Waals surface area (Å²) in [4.78, 5) is 0. The van der Waals surface area contributed by atoms with Gasteiger partial charge in [0.25, 0.3) is 0 Å². The first-order valence-electron chi connectivity index (χ1n) is 6.11. The summed E-state index contributed by atoms with van der Waals surface area (Å²) in [5.41, 5.74) is 2.39. The van der Waals surface area contributed by atoms with Crippen molar-refractivity contribution in [3.63, 3.8) is 0 Å². The van der Waals surface area contributed by atoms with Crippen LogP contribution in [0.25, 0.3) is 0 Å². The summed E-state index contributed by atoms with van der Waals surface area (Å²) < 4.78 is 47.7. The van der Waals surface area contributed by atoms with Crippen molar-refractivity contribution in [3.8, 4) is 0 Å². The zero-order valence-corrected chi connectivity index (χ0v) is 17.2. The van der Waals surface area contributed by atoms with Crippen molar-refractivity contribution in [2.24, 2.45) is 0 Å². The molecule has 1 unspecified atom stereocenters. The molecule has 3 aliphatic heterocycles. The fourth-order valence-electron chi connectivity index (χ4n) is 1.50. The molecule has 1 radical (unpaired) electrons. The molecular weight excluding hydrogens is 501 g/mol. The van der Waals surface area contributed by atoms with Gasteiger partial charge < -0.3 is 0 Å². The Balaban J connectivity index is 1.76. The Morgan fingerprint density at radius 3 is 2.45 bits per heavy atom. The molecule has 0 spiro atoms. The maximum atomic E-state index is 12.0. The van der Waals surface area contributed by atoms with Gasteiger partial charge in [0, 0.05) is 0 Å². The number of allylic oxidation sites excluding steroid dienone is 3. The first-order valence-corrected chi connectivity index (χ1v) is 13.8. The molecule has 0 aromatic rings. The van der Waals surface area contributed by atoms with Crippen molar-refractivity contribution in [1.82, 2.24) is 0 Å². The van der Waals surface area contributed by atoms with E-state index < -0.39 is 39.7 Å². The van der Waals surface area contributed by atoms with Crippen molar-refractivity contribution in [1.29, 1.82) is 0 Å². The van der Waals surface area contributed by atoms with E-state index >= 15 is 0 Å². The number of rotatable bonds is 6. The number of hydrogen-bond acceptors (Lipinski definition) is 7. The average molecular weight is 518 g/mol. The van der Waals surface area contributed by atoms with E-state index in [9.17, 15) is 9.13 Å². The minimum absolute atomic E-state index is 0.0804. The van der Waals surface area contributed by atoms with Gasteiger partial charge in [0.1, 0.15) is 0 Å². The van der Waals surface area contributed by atoms with Gasteiger partial charge >= 0.3 is 129 Å². The molecule has 3 aliphatic rings. The van der Waals surface area contributed by atoms with E-state index in [1.165, 1.54) is 5.57 Å². The second-order valence-corrected chi connectivity index (χ2v) is 16.2. The summed E-state index contributed by atoms with van der Waals surface area (Å²) in [6.07, 6.45) is 5.80. The van der Waals surface area contributed by atoms with Gasteiger partial charge in [-0.2, -0.15) is 0 Å². The molecule has 0 aromatic heterocycles. The monoisotopic (exact) mass is 519 g/mol. The van der Waals surface area contributed by atoms with Gasteiger partial charge in [0.2, 0.25) is 0 Å². The van der Waals surface area contributed by atoms with E-state index in [4.69, 9.17) is 11.9 Å². The number of phosphoric acid groups is 2.